The maximum Gasteiger partial charge on any atom is 0.406 e. The van der Waals surface area contributed by atoms with Crippen molar-refractivity contribution < 1.29 is 14.5 Å². The minimum atomic E-state index is -0.932. The molecular weight excluding hydrogens is 310 g/mol. The van der Waals surface area contributed by atoms with Crippen molar-refractivity contribution in [3.05, 3.63) is 57.7 Å². The van der Waals surface area contributed by atoms with Crippen LogP contribution in [0.2, 0.25) is 5.02 Å². The van der Waals surface area contributed by atoms with Crippen LogP contribution in [-0.4, -0.2) is 21.9 Å². The average Bonchev–Trinajstić information content (AvgIpc) is 2.49. The van der Waals surface area contributed by atoms with Crippen molar-refractivity contribution >= 4 is 29.0 Å². The number of pyridine rings is 1. The molecule has 0 aliphatic carbocycles. The Hall–Kier alpha value is -2.67. The topological polar surface area (TPSA) is 94.4 Å². The average molecular weight is 322 g/mol. The van der Waals surface area contributed by atoms with E-state index in [1.54, 1.807) is 24.3 Å². The Balaban J connectivity index is 2.05. The van der Waals surface area contributed by atoms with Gasteiger partial charge in [0, 0.05) is 10.7 Å². The first-order valence-electron chi connectivity index (χ1n) is 6.30. The fraction of sp³-hybridized carbons (Fsp3) is 0.143. The molecule has 1 aromatic heterocycles. The smallest absolute Gasteiger partial charge is 0.406 e. The Morgan fingerprint density at radius 2 is 2.05 bits per heavy atom. The summed E-state index contributed by atoms with van der Waals surface area (Å²) in [5.74, 6) is -0.944. The van der Waals surface area contributed by atoms with E-state index in [2.05, 4.69) is 10.3 Å². The van der Waals surface area contributed by atoms with Gasteiger partial charge in [0.2, 0.25) is 5.75 Å². The summed E-state index contributed by atoms with van der Waals surface area (Å²) >= 11 is 5.76. The summed E-state index contributed by atoms with van der Waals surface area (Å²) in [6.45, 7) is 1.49. The van der Waals surface area contributed by atoms with Crippen LogP contribution in [0.1, 0.15) is 6.92 Å². The second-order valence-corrected chi connectivity index (χ2v) is 4.77. The number of aromatic nitrogens is 1. The number of amides is 1. The summed E-state index contributed by atoms with van der Waals surface area (Å²) in [7, 11) is 0. The first-order chi connectivity index (χ1) is 10.5. The highest BCUT2D eigenvalue weighted by Crippen LogP contribution is 2.24. The Kier molecular flexibility index (Phi) is 4.90. The number of benzene rings is 1. The van der Waals surface area contributed by atoms with E-state index in [4.69, 9.17) is 16.3 Å². The SMILES string of the molecule is C[C@@H](Oc1cccnc1[N+](=O)[O-])C(=O)Nc1ccc(Cl)cc1. The number of nitrogens with one attached hydrogen (secondary N) is 1. The van der Waals surface area contributed by atoms with E-state index in [9.17, 15) is 14.9 Å². The van der Waals surface area contributed by atoms with Crippen molar-refractivity contribution in [2.24, 2.45) is 0 Å². The van der Waals surface area contributed by atoms with Gasteiger partial charge in [0.25, 0.3) is 5.91 Å². The van der Waals surface area contributed by atoms with E-state index in [-0.39, 0.29) is 5.75 Å². The Morgan fingerprint density at radius 1 is 1.36 bits per heavy atom. The first-order valence-corrected chi connectivity index (χ1v) is 6.67. The number of carbonyl (C=O) groups excluding carboxylic acids is 1. The molecule has 0 aliphatic rings. The molecule has 7 nitrogen and oxygen atoms in total. The van der Waals surface area contributed by atoms with Crippen LogP contribution in [0.5, 0.6) is 5.75 Å². The third-order valence-electron chi connectivity index (χ3n) is 2.71. The fourth-order valence-corrected chi connectivity index (χ4v) is 1.76. The lowest BCUT2D eigenvalue weighted by atomic mass is 10.3. The first kappa shape index (κ1) is 15.7. The second kappa shape index (κ2) is 6.86. The van der Waals surface area contributed by atoms with Gasteiger partial charge >= 0.3 is 5.82 Å². The second-order valence-electron chi connectivity index (χ2n) is 4.34. The summed E-state index contributed by atoms with van der Waals surface area (Å²) in [6.07, 6.45) is 0.349. The van der Waals surface area contributed by atoms with E-state index in [1.807, 2.05) is 0 Å². The van der Waals surface area contributed by atoms with Crippen LogP contribution in [0.4, 0.5) is 11.5 Å². The Labute approximate surface area is 131 Å². The quantitative estimate of drug-likeness (QED) is 0.674. The van der Waals surface area contributed by atoms with E-state index in [0.717, 1.165) is 0 Å². The zero-order valence-electron chi connectivity index (χ0n) is 11.5. The molecule has 0 aliphatic heterocycles. The molecule has 1 atom stereocenters. The minimum absolute atomic E-state index is 0.0637. The van der Waals surface area contributed by atoms with Crippen LogP contribution >= 0.6 is 11.6 Å². The number of halogens is 1. The highest BCUT2D eigenvalue weighted by Gasteiger charge is 2.21. The molecule has 1 heterocycles. The largest absolute Gasteiger partial charge is 0.473 e. The molecule has 0 saturated carbocycles. The molecule has 1 amide bonds. The number of ether oxygens (including phenoxy) is 1. The number of nitrogens with zero attached hydrogens (tertiary/aromatic N) is 2. The molecule has 0 saturated heterocycles. The van der Waals surface area contributed by atoms with Gasteiger partial charge < -0.3 is 20.2 Å². The molecule has 0 radical (unpaired) electrons. The van der Waals surface area contributed by atoms with Gasteiger partial charge in [0.1, 0.15) is 6.20 Å². The Bertz CT molecular complexity index is 691. The van der Waals surface area contributed by atoms with Crippen LogP contribution in [0, 0.1) is 10.1 Å². The zero-order chi connectivity index (χ0) is 16.1. The van der Waals surface area contributed by atoms with Crippen molar-refractivity contribution in [3.63, 3.8) is 0 Å². The highest BCUT2D eigenvalue weighted by molar-refractivity contribution is 6.30. The van der Waals surface area contributed by atoms with Crippen molar-refractivity contribution in [1.29, 1.82) is 0 Å². The van der Waals surface area contributed by atoms with E-state index < -0.39 is 22.8 Å². The van der Waals surface area contributed by atoms with Crippen molar-refractivity contribution in [2.45, 2.75) is 13.0 Å². The number of nitro groups is 1. The van der Waals surface area contributed by atoms with Gasteiger partial charge in [-0.2, -0.15) is 0 Å². The lowest BCUT2D eigenvalue weighted by Crippen LogP contribution is -2.30. The standard InChI is InChI=1S/C14H12ClN3O4/c1-9(14(19)17-11-6-4-10(15)5-7-11)22-12-3-2-8-16-13(12)18(20)21/h2-9H,1H3,(H,17,19)/t9-/m1/s1. The van der Waals surface area contributed by atoms with Gasteiger partial charge in [-0.05, 0) is 53.2 Å². The van der Waals surface area contributed by atoms with Gasteiger partial charge in [-0.15, -0.1) is 0 Å². The molecular formula is C14H12ClN3O4. The fourth-order valence-electron chi connectivity index (χ4n) is 1.63. The van der Waals surface area contributed by atoms with Crippen molar-refractivity contribution in [1.82, 2.24) is 4.98 Å². The predicted octanol–water partition coefficient (Wildman–Crippen LogP) is 3.05. The molecule has 22 heavy (non-hydrogen) atoms. The van der Waals surface area contributed by atoms with Crippen LogP contribution in [0.3, 0.4) is 0 Å². The van der Waals surface area contributed by atoms with Gasteiger partial charge in [0.15, 0.2) is 6.10 Å². The number of hydrogen-bond donors (Lipinski definition) is 1. The highest BCUT2D eigenvalue weighted by atomic mass is 35.5. The molecule has 1 aromatic carbocycles. The number of hydrogen-bond acceptors (Lipinski definition) is 5. The van der Waals surface area contributed by atoms with Crippen LogP contribution in [-0.2, 0) is 4.79 Å². The normalized spacial score (nSPS) is 11.5. The monoisotopic (exact) mass is 321 g/mol. The summed E-state index contributed by atoms with van der Waals surface area (Å²) in [4.78, 5) is 25.8. The summed E-state index contributed by atoms with van der Waals surface area (Å²) in [5, 5.41) is 14.0. The summed E-state index contributed by atoms with van der Waals surface area (Å²) < 4.78 is 5.32. The molecule has 1 N–H and O–H groups in total. The van der Waals surface area contributed by atoms with E-state index >= 15 is 0 Å². The molecule has 2 rings (SSSR count). The number of anilines is 1. The van der Waals surface area contributed by atoms with Crippen molar-refractivity contribution in [2.75, 3.05) is 5.32 Å². The van der Waals surface area contributed by atoms with Crippen molar-refractivity contribution in [3.8, 4) is 5.75 Å². The predicted molar refractivity (Wildman–Crippen MR) is 81.1 cm³/mol. The lowest BCUT2D eigenvalue weighted by molar-refractivity contribution is -0.390. The van der Waals surface area contributed by atoms with Gasteiger partial charge in [-0.3, -0.25) is 4.79 Å². The molecule has 0 bridgehead atoms. The molecule has 0 spiro atoms. The van der Waals surface area contributed by atoms with Crippen LogP contribution < -0.4 is 10.1 Å². The molecule has 2 aromatic rings. The molecule has 0 fully saturated rings. The van der Waals surface area contributed by atoms with Gasteiger partial charge in [-0.1, -0.05) is 11.6 Å². The van der Waals surface area contributed by atoms with Crippen LogP contribution in [0.25, 0.3) is 0 Å². The third-order valence-corrected chi connectivity index (χ3v) is 2.96. The lowest BCUT2D eigenvalue weighted by Gasteiger charge is -2.14. The maximum absolute atomic E-state index is 12.0. The molecule has 114 valence electrons. The summed E-state index contributed by atoms with van der Waals surface area (Å²) in [5.41, 5.74) is 0.547. The molecule has 0 unspecified atom stereocenters. The minimum Gasteiger partial charge on any atom is -0.473 e. The molecule has 8 heteroatoms. The summed E-state index contributed by atoms with van der Waals surface area (Å²) in [6, 6.07) is 9.42. The van der Waals surface area contributed by atoms with Gasteiger partial charge in [0.05, 0.1) is 0 Å². The Morgan fingerprint density at radius 3 is 2.68 bits per heavy atom. The number of carbonyl (C=O) groups is 1. The zero-order valence-corrected chi connectivity index (χ0v) is 12.3. The number of rotatable bonds is 5. The van der Waals surface area contributed by atoms with E-state index in [0.29, 0.717) is 10.7 Å². The van der Waals surface area contributed by atoms with Crippen LogP contribution in [0.15, 0.2) is 42.6 Å². The van der Waals surface area contributed by atoms with E-state index in [1.165, 1.54) is 25.3 Å². The van der Waals surface area contributed by atoms with Gasteiger partial charge in [-0.25, -0.2) is 0 Å². The maximum atomic E-state index is 12.0. The third kappa shape index (κ3) is 3.92.